The summed E-state index contributed by atoms with van der Waals surface area (Å²) in [5, 5.41) is 22.4. The van der Waals surface area contributed by atoms with Crippen LogP contribution in [0.3, 0.4) is 0 Å². The largest absolute Gasteiger partial charge is 0.496 e. The lowest BCUT2D eigenvalue weighted by atomic mass is 9.80. The first-order chi connectivity index (χ1) is 12.9. The average molecular weight is 376 g/mol. The van der Waals surface area contributed by atoms with Gasteiger partial charge in [0, 0.05) is 23.8 Å². The van der Waals surface area contributed by atoms with Gasteiger partial charge in [0.05, 0.1) is 24.1 Å². The van der Waals surface area contributed by atoms with Gasteiger partial charge in [-0.05, 0) is 25.8 Å². The predicted molar refractivity (Wildman–Crippen MR) is 97.2 cm³/mol. The molecule has 1 N–H and O–H groups in total. The van der Waals surface area contributed by atoms with Gasteiger partial charge >= 0.3 is 0 Å². The van der Waals surface area contributed by atoms with Crippen LogP contribution in [0, 0.1) is 10.1 Å². The minimum Gasteiger partial charge on any atom is -0.496 e. The molecule has 0 spiro atoms. The Hall–Kier alpha value is -2.61. The number of benzene rings is 1. The molecule has 8 nitrogen and oxygen atoms in total. The molecule has 0 saturated carbocycles. The minimum atomic E-state index is -1.03. The van der Waals surface area contributed by atoms with Gasteiger partial charge in [-0.3, -0.25) is 14.9 Å². The fourth-order valence-electron chi connectivity index (χ4n) is 3.88. The number of fused-ring (bicyclic) bond motifs is 1. The van der Waals surface area contributed by atoms with E-state index in [2.05, 4.69) is 0 Å². The fraction of sp³-hybridized carbons (Fsp3) is 0.526. The van der Waals surface area contributed by atoms with Crippen molar-refractivity contribution in [1.29, 1.82) is 0 Å². The monoisotopic (exact) mass is 376 g/mol. The van der Waals surface area contributed by atoms with Crippen molar-refractivity contribution in [3.8, 4) is 5.75 Å². The molecule has 146 valence electrons. The molecule has 0 saturated heterocycles. The van der Waals surface area contributed by atoms with Crippen LogP contribution in [0.2, 0.25) is 0 Å². The van der Waals surface area contributed by atoms with E-state index in [9.17, 15) is 20.0 Å². The molecule has 2 aliphatic rings. The lowest BCUT2D eigenvalue weighted by molar-refractivity contribution is -0.385. The van der Waals surface area contributed by atoms with Gasteiger partial charge in [0.25, 0.3) is 11.6 Å². The van der Waals surface area contributed by atoms with Gasteiger partial charge in [-0.25, -0.2) is 0 Å². The van der Waals surface area contributed by atoms with E-state index in [-0.39, 0.29) is 18.1 Å². The van der Waals surface area contributed by atoms with Crippen LogP contribution < -0.4 is 4.74 Å². The van der Waals surface area contributed by atoms with E-state index in [0.717, 1.165) is 0 Å². The molecule has 0 fully saturated rings. The molecule has 3 rings (SSSR count). The summed E-state index contributed by atoms with van der Waals surface area (Å²) in [6.07, 6.45) is 1.44. The number of nitro benzene ring substituents is 1. The zero-order valence-corrected chi connectivity index (χ0v) is 15.7. The third kappa shape index (κ3) is 3.14. The molecule has 2 aliphatic heterocycles. The van der Waals surface area contributed by atoms with E-state index in [1.54, 1.807) is 6.07 Å². The molecule has 0 aliphatic carbocycles. The van der Waals surface area contributed by atoms with Crippen LogP contribution in [0.4, 0.5) is 5.69 Å². The summed E-state index contributed by atoms with van der Waals surface area (Å²) in [7, 11) is 0. The van der Waals surface area contributed by atoms with Gasteiger partial charge < -0.3 is 19.5 Å². The van der Waals surface area contributed by atoms with Gasteiger partial charge in [-0.15, -0.1) is 0 Å². The Morgan fingerprint density at radius 2 is 2.07 bits per heavy atom. The van der Waals surface area contributed by atoms with Crippen molar-refractivity contribution in [3.05, 3.63) is 45.7 Å². The highest BCUT2D eigenvalue weighted by Gasteiger charge is 2.51. The molecule has 27 heavy (non-hydrogen) atoms. The van der Waals surface area contributed by atoms with E-state index < -0.39 is 22.7 Å². The minimum absolute atomic E-state index is 0.111. The normalized spacial score (nSPS) is 23.5. The first kappa shape index (κ1) is 19.2. The molecule has 0 radical (unpaired) electrons. The number of nitrogens with zero attached hydrogens (tertiary/aromatic N) is 2. The molecule has 2 heterocycles. The number of ether oxygens (including phenoxy) is 2. The average Bonchev–Trinajstić information content (AvgIpc) is 3.01. The zero-order chi connectivity index (χ0) is 19.8. The van der Waals surface area contributed by atoms with Crippen molar-refractivity contribution < 1.29 is 24.3 Å². The van der Waals surface area contributed by atoms with Crippen molar-refractivity contribution in [1.82, 2.24) is 4.90 Å². The molecule has 8 heteroatoms. The second-order valence-electron chi connectivity index (χ2n) is 6.75. The Morgan fingerprint density at radius 3 is 2.67 bits per heavy atom. The standard InChI is InChI=1S/C19H24N2O6/c1-4-19(5-2)18(23)17(20-11-13(26-6-3)10-16(20)22)14-9-12(21(24)25)7-8-15(14)27-19/h7-10,17-18,23H,4-6,11H2,1-3H3/t17-,18+/m0/s1. The summed E-state index contributed by atoms with van der Waals surface area (Å²) in [5.74, 6) is 0.687. The first-order valence-electron chi connectivity index (χ1n) is 9.16. The molecule has 0 unspecified atom stereocenters. The summed E-state index contributed by atoms with van der Waals surface area (Å²) in [6.45, 7) is 6.29. The predicted octanol–water partition coefficient (Wildman–Crippen LogP) is 2.71. The summed E-state index contributed by atoms with van der Waals surface area (Å²) in [6, 6.07) is 3.54. The lowest BCUT2D eigenvalue weighted by Crippen LogP contribution is -2.56. The van der Waals surface area contributed by atoms with E-state index in [1.165, 1.54) is 23.1 Å². The Labute approximate surface area is 157 Å². The summed E-state index contributed by atoms with van der Waals surface area (Å²) >= 11 is 0. The Morgan fingerprint density at radius 1 is 1.37 bits per heavy atom. The number of nitro groups is 1. The van der Waals surface area contributed by atoms with Crippen LogP contribution in [0.1, 0.15) is 45.2 Å². The molecular formula is C19H24N2O6. The zero-order valence-electron chi connectivity index (χ0n) is 15.7. The molecule has 1 aromatic rings. The Balaban J connectivity index is 2.09. The molecular weight excluding hydrogens is 352 g/mol. The van der Waals surface area contributed by atoms with Gasteiger partial charge in [0.15, 0.2) is 0 Å². The Bertz CT molecular complexity index is 786. The number of amides is 1. The van der Waals surface area contributed by atoms with Crippen LogP contribution in [-0.2, 0) is 9.53 Å². The number of aliphatic hydroxyl groups excluding tert-OH is 1. The van der Waals surface area contributed by atoms with Gasteiger partial charge in [0.2, 0.25) is 0 Å². The summed E-state index contributed by atoms with van der Waals surface area (Å²) in [5.41, 5.74) is -0.545. The quantitative estimate of drug-likeness (QED) is 0.605. The van der Waals surface area contributed by atoms with Crippen LogP contribution in [0.5, 0.6) is 5.75 Å². The van der Waals surface area contributed by atoms with Gasteiger partial charge in [-0.1, -0.05) is 13.8 Å². The third-order valence-electron chi connectivity index (χ3n) is 5.43. The molecule has 0 aromatic heterocycles. The van der Waals surface area contributed by atoms with Crippen LogP contribution in [-0.4, -0.2) is 45.7 Å². The number of non-ortho nitro benzene ring substituents is 1. The number of carbonyl (C=O) groups excluding carboxylic acids is 1. The van der Waals surface area contributed by atoms with Crippen molar-refractivity contribution in [2.24, 2.45) is 0 Å². The fourth-order valence-corrected chi connectivity index (χ4v) is 3.88. The Kier molecular flexibility index (Phi) is 5.10. The van der Waals surface area contributed by atoms with Gasteiger partial charge in [0.1, 0.15) is 23.2 Å². The highest BCUT2D eigenvalue weighted by molar-refractivity contribution is 5.91. The topological polar surface area (TPSA) is 102 Å². The molecule has 2 atom stereocenters. The van der Waals surface area contributed by atoms with Crippen molar-refractivity contribution in [2.45, 2.75) is 51.4 Å². The maximum atomic E-state index is 12.6. The highest BCUT2D eigenvalue weighted by Crippen LogP contribution is 2.47. The number of carbonyl (C=O) groups is 1. The van der Waals surface area contributed by atoms with Crippen molar-refractivity contribution in [2.75, 3.05) is 13.2 Å². The molecule has 1 amide bonds. The number of aliphatic hydroxyl groups is 1. The van der Waals surface area contributed by atoms with E-state index in [4.69, 9.17) is 9.47 Å². The third-order valence-corrected chi connectivity index (χ3v) is 5.43. The van der Waals surface area contributed by atoms with Crippen LogP contribution in [0.25, 0.3) is 0 Å². The maximum absolute atomic E-state index is 12.6. The lowest BCUT2D eigenvalue weighted by Gasteiger charge is -2.48. The van der Waals surface area contributed by atoms with Crippen LogP contribution >= 0.6 is 0 Å². The smallest absolute Gasteiger partial charge is 0.270 e. The summed E-state index contributed by atoms with van der Waals surface area (Å²) in [4.78, 5) is 24.8. The summed E-state index contributed by atoms with van der Waals surface area (Å²) < 4.78 is 11.6. The highest BCUT2D eigenvalue weighted by atomic mass is 16.6. The van der Waals surface area contributed by atoms with E-state index >= 15 is 0 Å². The van der Waals surface area contributed by atoms with Crippen molar-refractivity contribution >= 4 is 11.6 Å². The van der Waals surface area contributed by atoms with Crippen LogP contribution in [0.15, 0.2) is 30.0 Å². The van der Waals surface area contributed by atoms with Gasteiger partial charge in [-0.2, -0.15) is 0 Å². The second kappa shape index (κ2) is 7.19. The molecule has 0 bridgehead atoms. The van der Waals surface area contributed by atoms with E-state index in [0.29, 0.717) is 36.5 Å². The van der Waals surface area contributed by atoms with E-state index in [1.807, 2.05) is 20.8 Å². The number of hydrogen-bond donors (Lipinski definition) is 1. The second-order valence-corrected chi connectivity index (χ2v) is 6.75. The SMILES string of the molecule is CCOC1=CC(=O)N([C@H]2c3cc([N+](=O)[O-])ccc3OC(CC)(CC)[C@@H]2O)C1. The first-order valence-corrected chi connectivity index (χ1v) is 9.16. The number of hydrogen-bond acceptors (Lipinski definition) is 6. The van der Waals surface area contributed by atoms with Crippen molar-refractivity contribution in [3.63, 3.8) is 0 Å². The maximum Gasteiger partial charge on any atom is 0.270 e. The number of rotatable bonds is 6. The molecule has 1 aromatic carbocycles.